The highest BCUT2D eigenvalue weighted by Gasteiger charge is 2.36. The highest BCUT2D eigenvalue weighted by molar-refractivity contribution is 5.87. The molecule has 1 aliphatic carbocycles. The summed E-state index contributed by atoms with van der Waals surface area (Å²) in [4.78, 5) is 12.8. The van der Waals surface area contributed by atoms with Crippen LogP contribution in [0.3, 0.4) is 0 Å². The van der Waals surface area contributed by atoms with Crippen molar-refractivity contribution < 1.29 is 4.79 Å². The van der Waals surface area contributed by atoms with E-state index in [2.05, 4.69) is 5.92 Å². The van der Waals surface area contributed by atoms with Gasteiger partial charge in [-0.25, -0.2) is 0 Å². The molecule has 1 heteroatoms. The highest BCUT2D eigenvalue weighted by Crippen LogP contribution is 2.36. The first-order chi connectivity index (χ1) is 11.3. The fraction of sp³-hybridized carbons (Fsp3) is 0.136. The van der Waals surface area contributed by atoms with Gasteiger partial charge in [-0.1, -0.05) is 90.9 Å². The number of rotatable bonds is 5. The normalized spacial score (nSPS) is 13.9. The van der Waals surface area contributed by atoms with E-state index in [1.54, 1.807) is 0 Å². The summed E-state index contributed by atoms with van der Waals surface area (Å²) in [5, 5.41) is 0. The minimum absolute atomic E-state index is 0.139. The summed E-state index contributed by atoms with van der Waals surface area (Å²) in [5.74, 6) is 2.90. The molecule has 0 atom stereocenters. The van der Waals surface area contributed by atoms with Crippen LogP contribution in [-0.4, -0.2) is 5.78 Å². The van der Waals surface area contributed by atoms with Crippen molar-refractivity contribution in [1.82, 2.24) is 0 Å². The molecule has 112 valence electrons. The average molecular weight is 298 g/mol. The highest BCUT2D eigenvalue weighted by atomic mass is 16.1. The van der Waals surface area contributed by atoms with E-state index < -0.39 is 5.41 Å². The fourth-order valence-corrected chi connectivity index (χ4v) is 3.06. The first-order valence-electron chi connectivity index (χ1n) is 7.73. The lowest BCUT2D eigenvalue weighted by molar-refractivity contribution is -0.120. The van der Waals surface area contributed by atoms with Gasteiger partial charge in [-0.05, 0) is 11.1 Å². The van der Waals surface area contributed by atoms with E-state index in [9.17, 15) is 4.79 Å². The lowest BCUT2D eigenvalue weighted by Crippen LogP contribution is -2.31. The Morgan fingerprint density at radius 3 is 1.83 bits per heavy atom. The number of Topliss-reactive ketones (excluding diaryl/α,β-unsaturated/α-hetero) is 1. The maximum Gasteiger partial charge on any atom is 0.145 e. The minimum Gasteiger partial charge on any atom is -0.299 e. The second kappa shape index (κ2) is 6.50. The predicted molar refractivity (Wildman–Crippen MR) is 93.9 cm³/mol. The summed E-state index contributed by atoms with van der Waals surface area (Å²) < 4.78 is 0. The molecule has 0 saturated heterocycles. The van der Waals surface area contributed by atoms with Gasteiger partial charge >= 0.3 is 0 Å². The monoisotopic (exact) mass is 298 g/mol. The summed E-state index contributed by atoms with van der Waals surface area (Å²) in [6.07, 6.45) is 13.9. The number of hydrogen-bond donors (Lipinski definition) is 0. The average Bonchev–Trinajstić information content (AvgIpc) is 3.16. The van der Waals surface area contributed by atoms with E-state index in [1.165, 1.54) is 0 Å². The fourth-order valence-electron chi connectivity index (χ4n) is 3.06. The van der Waals surface area contributed by atoms with Crippen LogP contribution in [0.2, 0.25) is 0 Å². The smallest absolute Gasteiger partial charge is 0.145 e. The third-order valence-electron chi connectivity index (χ3n) is 4.34. The van der Waals surface area contributed by atoms with Gasteiger partial charge in [0, 0.05) is 6.42 Å². The number of hydrogen-bond acceptors (Lipinski definition) is 1. The van der Waals surface area contributed by atoms with Crippen LogP contribution in [-0.2, 0) is 10.2 Å². The lowest BCUT2D eigenvalue weighted by Gasteiger charge is -2.30. The van der Waals surface area contributed by atoms with Crippen molar-refractivity contribution in [2.45, 2.75) is 11.8 Å². The Kier molecular flexibility index (Phi) is 4.26. The number of allylic oxidation sites excluding steroid dienone is 4. The van der Waals surface area contributed by atoms with Gasteiger partial charge in [0.2, 0.25) is 0 Å². The zero-order valence-electron chi connectivity index (χ0n) is 12.9. The predicted octanol–water partition coefficient (Wildman–Crippen LogP) is 4.31. The molecule has 0 saturated carbocycles. The molecule has 1 nitrogen and oxygen atoms in total. The van der Waals surface area contributed by atoms with Gasteiger partial charge in [0.05, 0.1) is 11.3 Å². The minimum atomic E-state index is -0.732. The summed E-state index contributed by atoms with van der Waals surface area (Å²) in [6, 6.07) is 19.8. The number of benzene rings is 2. The molecule has 2 aromatic rings. The third-order valence-corrected chi connectivity index (χ3v) is 4.34. The van der Waals surface area contributed by atoms with E-state index >= 15 is 0 Å². The van der Waals surface area contributed by atoms with E-state index in [1.807, 2.05) is 85.0 Å². The van der Waals surface area contributed by atoms with Gasteiger partial charge in [-0.2, -0.15) is 0 Å². The van der Waals surface area contributed by atoms with Crippen molar-refractivity contribution in [3.05, 3.63) is 96.1 Å². The van der Waals surface area contributed by atoms with E-state index in [-0.39, 0.29) is 18.1 Å². The lowest BCUT2D eigenvalue weighted by atomic mass is 9.70. The second-order valence-corrected chi connectivity index (χ2v) is 5.72. The number of terminal acetylenes is 1. The van der Waals surface area contributed by atoms with Crippen LogP contribution in [0.1, 0.15) is 17.5 Å². The van der Waals surface area contributed by atoms with Crippen molar-refractivity contribution in [1.29, 1.82) is 0 Å². The molecule has 1 aliphatic rings. The van der Waals surface area contributed by atoms with Crippen molar-refractivity contribution >= 4 is 5.78 Å². The number of carbonyl (C=O) groups excluding carboxylic acids is 1. The van der Waals surface area contributed by atoms with Crippen molar-refractivity contribution in [3.63, 3.8) is 0 Å². The van der Waals surface area contributed by atoms with Gasteiger partial charge in [0.15, 0.2) is 0 Å². The SMILES string of the molecule is C#CC(CC(=O)C1C=CC=C1)(c1ccccc1)c1ccccc1. The molecule has 0 heterocycles. The molecule has 0 N–H and O–H groups in total. The van der Waals surface area contributed by atoms with Crippen LogP contribution in [0.5, 0.6) is 0 Å². The Balaban J connectivity index is 2.06. The molecule has 2 aromatic carbocycles. The van der Waals surface area contributed by atoms with Gasteiger partial charge in [-0.3, -0.25) is 4.79 Å². The van der Waals surface area contributed by atoms with Gasteiger partial charge in [0.25, 0.3) is 0 Å². The second-order valence-electron chi connectivity index (χ2n) is 5.72. The Morgan fingerprint density at radius 2 is 1.39 bits per heavy atom. The summed E-state index contributed by atoms with van der Waals surface area (Å²) >= 11 is 0. The standard InChI is InChI=1S/C22H18O/c1-2-22(19-13-5-3-6-14-19,20-15-7-4-8-16-20)17-21(23)18-11-9-10-12-18/h1,3-16,18H,17H2. The first kappa shape index (κ1) is 15.1. The largest absolute Gasteiger partial charge is 0.299 e. The van der Waals surface area contributed by atoms with E-state index in [0.29, 0.717) is 0 Å². The molecule has 0 radical (unpaired) electrons. The summed E-state index contributed by atoms with van der Waals surface area (Å²) in [5.41, 5.74) is 1.23. The molecule has 0 aliphatic heterocycles. The molecular weight excluding hydrogens is 280 g/mol. The van der Waals surface area contributed by atoms with Crippen LogP contribution < -0.4 is 0 Å². The molecule has 3 rings (SSSR count). The van der Waals surface area contributed by atoms with Crippen molar-refractivity contribution in [3.8, 4) is 12.3 Å². The first-order valence-corrected chi connectivity index (χ1v) is 7.73. The zero-order valence-corrected chi connectivity index (χ0v) is 12.9. The van der Waals surface area contributed by atoms with Crippen molar-refractivity contribution in [2.75, 3.05) is 0 Å². The molecule has 0 spiro atoms. The van der Waals surface area contributed by atoms with Crippen LogP contribution in [0.15, 0.2) is 85.0 Å². The van der Waals surface area contributed by atoms with E-state index in [0.717, 1.165) is 11.1 Å². The van der Waals surface area contributed by atoms with Gasteiger partial charge in [0.1, 0.15) is 5.78 Å². The topological polar surface area (TPSA) is 17.1 Å². The molecule has 0 amide bonds. The Morgan fingerprint density at radius 1 is 0.913 bits per heavy atom. The van der Waals surface area contributed by atoms with Gasteiger partial charge < -0.3 is 0 Å². The van der Waals surface area contributed by atoms with Crippen LogP contribution in [0.4, 0.5) is 0 Å². The number of carbonyl (C=O) groups is 1. The molecule has 0 unspecified atom stereocenters. The Hall–Kier alpha value is -2.85. The van der Waals surface area contributed by atoms with E-state index in [4.69, 9.17) is 6.42 Å². The van der Waals surface area contributed by atoms with Crippen LogP contribution in [0.25, 0.3) is 0 Å². The summed E-state index contributed by atoms with van der Waals surface area (Å²) in [6.45, 7) is 0. The van der Waals surface area contributed by atoms with Crippen LogP contribution in [0, 0.1) is 18.3 Å². The molecule has 0 aromatic heterocycles. The molecule has 23 heavy (non-hydrogen) atoms. The quantitative estimate of drug-likeness (QED) is 0.752. The molecular formula is C22H18O. The molecule has 0 fully saturated rings. The van der Waals surface area contributed by atoms with Crippen LogP contribution >= 0.6 is 0 Å². The Bertz CT molecular complexity index is 724. The maximum absolute atomic E-state index is 12.8. The molecule has 0 bridgehead atoms. The maximum atomic E-state index is 12.8. The van der Waals surface area contributed by atoms with Gasteiger partial charge in [-0.15, -0.1) is 6.42 Å². The third kappa shape index (κ3) is 2.89. The zero-order chi connectivity index (χ0) is 16.1. The van der Waals surface area contributed by atoms with Crippen molar-refractivity contribution in [2.24, 2.45) is 5.92 Å². The number of ketones is 1. The Labute approximate surface area is 137 Å². The summed E-state index contributed by atoms with van der Waals surface area (Å²) in [7, 11) is 0.